The fourth-order valence-electron chi connectivity index (χ4n) is 2.47. The van der Waals surface area contributed by atoms with Crippen molar-refractivity contribution in [1.29, 1.82) is 0 Å². The molecule has 1 unspecified atom stereocenters. The third-order valence-corrected chi connectivity index (χ3v) is 3.75. The number of hydrogen-bond acceptors (Lipinski definition) is 5. The number of anilines is 1. The molecule has 1 aliphatic rings. The molecule has 0 aromatic heterocycles. The van der Waals surface area contributed by atoms with Crippen molar-refractivity contribution in [1.82, 2.24) is 10.6 Å². The van der Waals surface area contributed by atoms with Crippen molar-refractivity contribution in [3.63, 3.8) is 0 Å². The van der Waals surface area contributed by atoms with Crippen molar-refractivity contribution in [3.8, 4) is 0 Å². The summed E-state index contributed by atoms with van der Waals surface area (Å²) in [6.45, 7) is 1.73. The van der Waals surface area contributed by atoms with E-state index in [1.165, 1.54) is 12.1 Å². The van der Waals surface area contributed by atoms with Crippen LogP contribution >= 0.6 is 0 Å². The van der Waals surface area contributed by atoms with Gasteiger partial charge in [-0.05, 0) is 24.1 Å². The maximum absolute atomic E-state index is 13.3. The maximum Gasteiger partial charge on any atom is 0.321 e. The second-order valence-corrected chi connectivity index (χ2v) is 5.80. The van der Waals surface area contributed by atoms with E-state index < -0.39 is 42.2 Å². The van der Waals surface area contributed by atoms with Crippen LogP contribution in [0, 0.1) is 5.82 Å². The minimum atomic E-state index is -0.939. The van der Waals surface area contributed by atoms with Crippen LogP contribution in [0.2, 0.25) is 0 Å². The van der Waals surface area contributed by atoms with Crippen LogP contribution in [-0.4, -0.2) is 37.0 Å². The SMILES string of the molecule is CCCCNC(=O)NC(=O)COC(=O)C1CC(=O)Nc2cc(F)ccc21. The number of rotatable bonds is 6. The lowest BCUT2D eigenvalue weighted by Crippen LogP contribution is -2.42. The van der Waals surface area contributed by atoms with Gasteiger partial charge >= 0.3 is 12.0 Å². The normalized spacial score (nSPS) is 15.5. The first-order valence-electron chi connectivity index (χ1n) is 8.24. The topological polar surface area (TPSA) is 114 Å². The molecule has 26 heavy (non-hydrogen) atoms. The van der Waals surface area contributed by atoms with Gasteiger partial charge in [-0.2, -0.15) is 0 Å². The van der Waals surface area contributed by atoms with Crippen LogP contribution in [0.1, 0.15) is 37.7 Å². The number of nitrogens with one attached hydrogen (secondary N) is 3. The minimum absolute atomic E-state index is 0.170. The van der Waals surface area contributed by atoms with E-state index in [0.29, 0.717) is 12.1 Å². The Morgan fingerprint density at radius 1 is 1.35 bits per heavy atom. The fourth-order valence-corrected chi connectivity index (χ4v) is 2.47. The van der Waals surface area contributed by atoms with Gasteiger partial charge in [0, 0.05) is 18.7 Å². The number of amides is 4. The van der Waals surface area contributed by atoms with Crippen molar-refractivity contribution < 1.29 is 28.3 Å². The number of esters is 1. The van der Waals surface area contributed by atoms with Crippen molar-refractivity contribution in [2.24, 2.45) is 0 Å². The van der Waals surface area contributed by atoms with Gasteiger partial charge in [0.05, 0.1) is 5.92 Å². The Hall–Kier alpha value is -2.97. The van der Waals surface area contributed by atoms with E-state index in [2.05, 4.69) is 10.6 Å². The molecule has 1 aromatic carbocycles. The molecule has 1 heterocycles. The van der Waals surface area contributed by atoms with Gasteiger partial charge < -0.3 is 15.4 Å². The van der Waals surface area contributed by atoms with Gasteiger partial charge in [-0.3, -0.25) is 19.7 Å². The minimum Gasteiger partial charge on any atom is -0.455 e. The predicted molar refractivity (Wildman–Crippen MR) is 89.8 cm³/mol. The number of hydrogen-bond donors (Lipinski definition) is 3. The highest BCUT2D eigenvalue weighted by Gasteiger charge is 2.32. The lowest BCUT2D eigenvalue weighted by atomic mass is 9.90. The van der Waals surface area contributed by atoms with E-state index in [-0.39, 0.29) is 12.1 Å². The first-order chi connectivity index (χ1) is 12.4. The molecule has 0 spiro atoms. The molecule has 140 valence electrons. The number of carbonyl (C=O) groups excluding carboxylic acids is 4. The van der Waals surface area contributed by atoms with Gasteiger partial charge in [0.25, 0.3) is 5.91 Å². The van der Waals surface area contributed by atoms with Gasteiger partial charge in [-0.25, -0.2) is 9.18 Å². The summed E-state index contributed by atoms with van der Waals surface area (Å²) in [6, 6.07) is 3.00. The summed E-state index contributed by atoms with van der Waals surface area (Å²) in [7, 11) is 0. The zero-order chi connectivity index (χ0) is 19.1. The molecule has 4 amide bonds. The van der Waals surface area contributed by atoms with Crippen LogP contribution in [0.25, 0.3) is 0 Å². The third-order valence-electron chi connectivity index (χ3n) is 3.75. The van der Waals surface area contributed by atoms with Crippen LogP contribution in [0.3, 0.4) is 0 Å². The smallest absolute Gasteiger partial charge is 0.321 e. The zero-order valence-electron chi connectivity index (χ0n) is 14.3. The average molecular weight is 365 g/mol. The molecular formula is C17H20FN3O5. The van der Waals surface area contributed by atoms with Crippen LogP contribution in [0.5, 0.6) is 0 Å². The first-order valence-corrected chi connectivity index (χ1v) is 8.24. The number of carbonyl (C=O) groups is 4. The maximum atomic E-state index is 13.3. The van der Waals surface area contributed by atoms with Crippen LogP contribution in [0.15, 0.2) is 18.2 Å². The Morgan fingerprint density at radius 3 is 2.85 bits per heavy atom. The average Bonchev–Trinajstić information content (AvgIpc) is 2.58. The van der Waals surface area contributed by atoms with Gasteiger partial charge in [0.1, 0.15) is 5.82 Å². The van der Waals surface area contributed by atoms with E-state index in [0.717, 1.165) is 18.9 Å². The number of unbranched alkanes of at least 4 members (excludes halogenated alkanes) is 1. The molecule has 3 N–H and O–H groups in total. The molecule has 0 bridgehead atoms. The highest BCUT2D eigenvalue weighted by molar-refractivity contribution is 6.00. The highest BCUT2D eigenvalue weighted by Crippen LogP contribution is 2.33. The Kier molecular flexibility index (Phi) is 6.65. The van der Waals surface area contributed by atoms with Crippen molar-refractivity contribution in [3.05, 3.63) is 29.6 Å². The molecule has 1 aromatic rings. The van der Waals surface area contributed by atoms with E-state index in [4.69, 9.17) is 4.74 Å². The number of fused-ring (bicyclic) bond motifs is 1. The summed E-state index contributed by atoms with van der Waals surface area (Å²) in [5, 5.41) is 7.01. The molecule has 2 rings (SSSR count). The number of benzene rings is 1. The molecule has 0 saturated carbocycles. The third kappa shape index (κ3) is 5.27. The fraction of sp³-hybridized carbons (Fsp3) is 0.412. The Bertz CT molecular complexity index is 722. The zero-order valence-corrected chi connectivity index (χ0v) is 14.3. The standard InChI is InChI=1S/C17H20FN3O5/c1-2-3-6-19-17(25)21-15(23)9-26-16(24)12-8-14(22)20-13-7-10(18)4-5-11(12)13/h4-5,7,12H,2-3,6,8-9H2,1H3,(H,20,22)(H2,19,21,23,25). The summed E-state index contributed by atoms with van der Waals surface area (Å²) < 4.78 is 18.2. The monoisotopic (exact) mass is 365 g/mol. The molecule has 8 nitrogen and oxygen atoms in total. The molecule has 0 fully saturated rings. The first kappa shape index (κ1) is 19.4. The largest absolute Gasteiger partial charge is 0.455 e. The molecule has 1 aliphatic heterocycles. The van der Waals surface area contributed by atoms with Crippen LogP contribution in [0.4, 0.5) is 14.9 Å². The summed E-state index contributed by atoms with van der Waals surface area (Å²) in [5.41, 5.74) is 0.608. The predicted octanol–water partition coefficient (Wildman–Crippen LogP) is 1.42. The van der Waals surface area contributed by atoms with Gasteiger partial charge in [0.15, 0.2) is 6.61 Å². The van der Waals surface area contributed by atoms with Gasteiger partial charge in [-0.1, -0.05) is 19.4 Å². The van der Waals surface area contributed by atoms with E-state index in [1.807, 2.05) is 12.2 Å². The lowest BCUT2D eigenvalue weighted by molar-refractivity contribution is -0.150. The molecule has 0 aliphatic carbocycles. The quantitative estimate of drug-likeness (QED) is 0.521. The van der Waals surface area contributed by atoms with E-state index in [1.54, 1.807) is 0 Å². The second-order valence-electron chi connectivity index (χ2n) is 5.80. The summed E-state index contributed by atoms with van der Waals surface area (Å²) in [5.74, 6) is -3.52. The van der Waals surface area contributed by atoms with Gasteiger partial charge in [0.2, 0.25) is 5.91 Å². The molecule has 0 radical (unpaired) electrons. The number of halogens is 1. The van der Waals surface area contributed by atoms with Crippen molar-refractivity contribution in [2.45, 2.75) is 32.1 Å². The number of imide groups is 1. The van der Waals surface area contributed by atoms with E-state index >= 15 is 0 Å². The molecule has 0 saturated heterocycles. The Labute approximate surface area is 149 Å². The van der Waals surface area contributed by atoms with Crippen molar-refractivity contribution in [2.75, 3.05) is 18.5 Å². The summed E-state index contributed by atoms with van der Waals surface area (Å²) in [4.78, 5) is 47.0. The lowest BCUT2D eigenvalue weighted by Gasteiger charge is -2.24. The Morgan fingerprint density at radius 2 is 2.12 bits per heavy atom. The molecule has 1 atom stereocenters. The van der Waals surface area contributed by atoms with Crippen molar-refractivity contribution >= 4 is 29.5 Å². The highest BCUT2D eigenvalue weighted by atomic mass is 19.1. The van der Waals surface area contributed by atoms with Gasteiger partial charge in [-0.15, -0.1) is 0 Å². The Balaban J connectivity index is 1.89. The second kappa shape index (κ2) is 8.93. The summed E-state index contributed by atoms with van der Waals surface area (Å²) >= 11 is 0. The number of ether oxygens (including phenoxy) is 1. The van der Waals surface area contributed by atoms with Crippen LogP contribution in [-0.2, 0) is 19.1 Å². The molecular weight excluding hydrogens is 345 g/mol. The molecule has 9 heteroatoms. The number of urea groups is 1. The van der Waals surface area contributed by atoms with E-state index in [9.17, 15) is 23.6 Å². The summed E-state index contributed by atoms with van der Waals surface area (Å²) in [6.07, 6.45) is 1.50. The van der Waals surface area contributed by atoms with Crippen LogP contribution < -0.4 is 16.0 Å².